The van der Waals surface area contributed by atoms with Crippen molar-refractivity contribution >= 4 is 11.6 Å². The van der Waals surface area contributed by atoms with E-state index >= 15 is 0 Å². The summed E-state index contributed by atoms with van der Waals surface area (Å²) < 4.78 is 6.25. The summed E-state index contributed by atoms with van der Waals surface area (Å²) in [7, 11) is 2.02. The highest BCUT2D eigenvalue weighted by Gasteiger charge is 2.43. The average Bonchev–Trinajstić information content (AvgIpc) is 2.80. The Hall–Kier alpha value is -3.14. The molecule has 1 aliphatic heterocycles. The summed E-state index contributed by atoms with van der Waals surface area (Å²) in [6.45, 7) is 0.449. The number of ether oxygens (including phenoxy) is 1. The second-order valence-electron chi connectivity index (χ2n) is 8.58. The van der Waals surface area contributed by atoms with Crippen molar-refractivity contribution in [1.82, 2.24) is 4.90 Å². The highest BCUT2D eigenvalue weighted by molar-refractivity contribution is 6.06. The molecule has 0 atom stereocenters. The van der Waals surface area contributed by atoms with Crippen molar-refractivity contribution in [2.75, 3.05) is 7.05 Å². The molecule has 0 N–H and O–H groups in total. The Labute approximate surface area is 183 Å². The van der Waals surface area contributed by atoms with E-state index in [0.717, 1.165) is 65.1 Å². The third-order valence-corrected chi connectivity index (χ3v) is 6.71. The maximum atomic E-state index is 13.2. The molecular formula is C27H27NO3. The van der Waals surface area contributed by atoms with E-state index in [1.807, 2.05) is 61.6 Å². The van der Waals surface area contributed by atoms with Gasteiger partial charge in [0.1, 0.15) is 12.4 Å². The zero-order chi connectivity index (χ0) is 21.4. The van der Waals surface area contributed by atoms with Gasteiger partial charge >= 0.3 is 0 Å². The summed E-state index contributed by atoms with van der Waals surface area (Å²) in [5, 5.41) is 0. The molecular weight excluding hydrogens is 386 g/mol. The molecule has 2 aromatic carbocycles. The van der Waals surface area contributed by atoms with Crippen LogP contribution < -0.4 is 4.74 Å². The normalized spacial score (nSPS) is 19.5. The first-order valence-electron chi connectivity index (χ1n) is 11.2. The quantitative estimate of drug-likeness (QED) is 0.682. The van der Waals surface area contributed by atoms with Crippen molar-refractivity contribution < 1.29 is 14.3 Å². The molecule has 1 heterocycles. The fourth-order valence-corrected chi connectivity index (χ4v) is 5.25. The number of Topliss-reactive ketones (excluding diaryl/α,β-unsaturated/α-hetero) is 2. The summed E-state index contributed by atoms with van der Waals surface area (Å²) in [6.07, 6.45) is 4.60. The van der Waals surface area contributed by atoms with Crippen LogP contribution in [0.3, 0.4) is 0 Å². The minimum atomic E-state index is -0.325. The van der Waals surface area contributed by atoms with Crippen molar-refractivity contribution in [2.24, 2.45) is 0 Å². The lowest BCUT2D eigenvalue weighted by molar-refractivity contribution is -0.117. The van der Waals surface area contributed by atoms with Crippen LogP contribution >= 0.6 is 0 Å². The van der Waals surface area contributed by atoms with Crippen molar-refractivity contribution in [3.8, 4) is 5.75 Å². The summed E-state index contributed by atoms with van der Waals surface area (Å²) >= 11 is 0. The van der Waals surface area contributed by atoms with E-state index in [9.17, 15) is 9.59 Å². The highest BCUT2D eigenvalue weighted by atomic mass is 16.5. The summed E-state index contributed by atoms with van der Waals surface area (Å²) in [5.41, 5.74) is 5.80. The summed E-state index contributed by atoms with van der Waals surface area (Å²) in [5.74, 6) is 0.756. The number of benzene rings is 2. The number of allylic oxidation sites excluding steroid dienone is 4. The first-order chi connectivity index (χ1) is 15.1. The Kier molecular flexibility index (Phi) is 5.23. The van der Waals surface area contributed by atoms with E-state index in [-0.39, 0.29) is 17.5 Å². The number of ketones is 2. The highest BCUT2D eigenvalue weighted by Crippen LogP contribution is 2.50. The first-order valence-corrected chi connectivity index (χ1v) is 11.2. The van der Waals surface area contributed by atoms with Gasteiger partial charge in [0.25, 0.3) is 0 Å². The Morgan fingerprint density at radius 3 is 2.03 bits per heavy atom. The summed E-state index contributed by atoms with van der Waals surface area (Å²) in [4.78, 5) is 28.5. The molecule has 0 saturated carbocycles. The van der Waals surface area contributed by atoms with E-state index in [1.165, 1.54) is 0 Å². The van der Waals surface area contributed by atoms with Gasteiger partial charge in [-0.2, -0.15) is 0 Å². The molecule has 5 rings (SSSR count). The molecule has 4 nitrogen and oxygen atoms in total. The second kappa shape index (κ2) is 8.18. The van der Waals surface area contributed by atoms with E-state index in [1.54, 1.807) is 0 Å². The van der Waals surface area contributed by atoms with Gasteiger partial charge in [-0.3, -0.25) is 9.59 Å². The van der Waals surface area contributed by atoms with Gasteiger partial charge in [0.2, 0.25) is 0 Å². The lowest BCUT2D eigenvalue weighted by atomic mass is 9.71. The lowest BCUT2D eigenvalue weighted by Crippen LogP contribution is -2.37. The van der Waals surface area contributed by atoms with Crippen LogP contribution in [0.25, 0.3) is 0 Å². The van der Waals surface area contributed by atoms with Crippen LogP contribution in [-0.4, -0.2) is 23.5 Å². The fraction of sp³-hybridized carbons (Fsp3) is 0.333. The SMILES string of the molecule is CN1C2=C(C(=O)CCC2)C(c2ccccc2OCc2ccccc2)C2=C1CCCC2=O. The number of para-hydroxylation sites is 1. The third-order valence-electron chi connectivity index (χ3n) is 6.71. The van der Waals surface area contributed by atoms with Crippen molar-refractivity contribution in [3.05, 3.63) is 88.3 Å². The van der Waals surface area contributed by atoms with Gasteiger partial charge in [-0.1, -0.05) is 48.5 Å². The maximum absolute atomic E-state index is 13.2. The van der Waals surface area contributed by atoms with Gasteiger partial charge < -0.3 is 9.64 Å². The van der Waals surface area contributed by atoms with Crippen LogP contribution in [-0.2, 0) is 16.2 Å². The fourth-order valence-electron chi connectivity index (χ4n) is 5.25. The number of carbonyl (C=O) groups is 2. The Morgan fingerprint density at radius 1 is 0.806 bits per heavy atom. The molecule has 31 heavy (non-hydrogen) atoms. The first kappa shape index (κ1) is 19.8. The zero-order valence-electron chi connectivity index (χ0n) is 17.9. The minimum Gasteiger partial charge on any atom is -0.489 e. The maximum Gasteiger partial charge on any atom is 0.161 e. The van der Waals surface area contributed by atoms with Gasteiger partial charge in [0.05, 0.1) is 0 Å². The zero-order valence-corrected chi connectivity index (χ0v) is 17.9. The van der Waals surface area contributed by atoms with Gasteiger partial charge in [-0.05, 0) is 37.3 Å². The van der Waals surface area contributed by atoms with Crippen molar-refractivity contribution in [1.29, 1.82) is 0 Å². The molecule has 2 aliphatic carbocycles. The van der Waals surface area contributed by atoms with E-state index in [0.29, 0.717) is 19.4 Å². The van der Waals surface area contributed by atoms with E-state index in [4.69, 9.17) is 4.74 Å². The van der Waals surface area contributed by atoms with Crippen molar-refractivity contribution in [3.63, 3.8) is 0 Å². The van der Waals surface area contributed by atoms with Crippen LogP contribution in [0.2, 0.25) is 0 Å². The van der Waals surface area contributed by atoms with Gasteiger partial charge in [-0.25, -0.2) is 0 Å². The lowest BCUT2D eigenvalue weighted by Gasteiger charge is -2.42. The molecule has 158 valence electrons. The molecule has 0 radical (unpaired) electrons. The third kappa shape index (κ3) is 3.50. The van der Waals surface area contributed by atoms with Crippen LogP contribution in [0.15, 0.2) is 77.1 Å². The molecule has 0 aromatic heterocycles. The number of hydrogen-bond donors (Lipinski definition) is 0. The van der Waals surface area contributed by atoms with Crippen LogP contribution in [0.4, 0.5) is 0 Å². The Balaban J connectivity index is 1.62. The molecule has 0 unspecified atom stereocenters. The van der Waals surface area contributed by atoms with Gasteiger partial charge in [-0.15, -0.1) is 0 Å². The Morgan fingerprint density at radius 2 is 1.39 bits per heavy atom. The molecule has 4 heteroatoms. The van der Waals surface area contributed by atoms with Crippen molar-refractivity contribution in [2.45, 2.75) is 51.0 Å². The smallest absolute Gasteiger partial charge is 0.161 e. The standard InChI is InChI=1S/C27H27NO3/c1-28-20-12-7-14-22(29)26(20)25(27-21(28)13-8-15-23(27)30)19-11-5-6-16-24(19)31-17-18-9-3-2-4-10-18/h2-6,9-11,16,25H,7-8,12-15,17H2,1H3. The van der Waals surface area contributed by atoms with Gasteiger partial charge in [0.15, 0.2) is 11.6 Å². The molecule has 3 aliphatic rings. The molecule has 0 fully saturated rings. The van der Waals surface area contributed by atoms with Crippen LogP contribution in [0.5, 0.6) is 5.75 Å². The molecule has 0 spiro atoms. The Bertz CT molecular complexity index is 1050. The number of hydrogen-bond acceptors (Lipinski definition) is 4. The number of carbonyl (C=O) groups excluding carboxylic acids is 2. The van der Waals surface area contributed by atoms with Gasteiger partial charge in [0, 0.05) is 53.9 Å². The van der Waals surface area contributed by atoms with E-state index in [2.05, 4.69) is 4.90 Å². The molecule has 0 amide bonds. The number of rotatable bonds is 4. The summed E-state index contributed by atoms with van der Waals surface area (Å²) in [6, 6.07) is 18.0. The van der Waals surface area contributed by atoms with Crippen LogP contribution in [0, 0.1) is 0 Å². The predicted octanol–water partition coefficient (Wildman–Crippen LogP) is 5.31. The largest absolute Gasteiger partial charge is 0.489 e. The molecule has 2 aromatic rings. The molecule has 0 saturated heterocycles. The number of nitrogens with zero attached hydrogens (tertiary/aromatic N) is 1. The van der Waals surface area contributed by atoms with Crippen LogP contribution in [0.1, 0.15) is 55.6 Å². The second-order valence-corrected chi connectivity index (χ2v) is 8.58. The minimum absolute atomic E-state index is 0.167. The average molecular weight is 414 g/mol. The monoisotopic (exact) mass is 413 g/mol. The molecule has 0 bridgehead atoms. The van der Waals surface area contributed by atoms with E-state index < -0.39 is 0 Å². The topological polar surface area (TPSA) is 46.6 Å². The predicted molar refractivity (Wildman–Crippen MR) is 119 cm³/mol.